The average molecular weight is 237 g/mol. The summed E-state index contributed by atoms with van der Waals surface area (Å²) in [7, 11) is 0. The van der Waals surface area contributed by atoms with E-state index in [1.807, 2.05) is 11.3 Å². The maximum absolute atomic E-state index is 3.63. The van der Waals surface area contributed by atoms with Crippen molar-refractivity contribution in [3.63, 3.8) is 0 Å². The quantitative estimate of drug-likeness (QED) is 0.769. The highest BCUT2D eigenvalue weighted by atomic mass is 32.1. The second-order valence-electron chi connectivity index (χ2n) is 4.98. The Kier molecular flexibility index (Phi) is 4.86. The van der Waals surface area contributed by atoms with Gasteiger partial charge < -0.3 is 5.32 Å². The van der Waals surface area contributed by atoms with Crippen LogP contribution in [0.4, 0.5) is 0 Å². The van der Waals surface area contributed by atoms with Crippen molar-refractivity contribution in [1.82, 2.24) is 5.32 Å². The Morgan fingerprint density at radius 2 is 2.12 bits per heavy atom. The van der Waals surface area contributed by atoms with Crippen molar-refractivity contribution < 1.29 is 0 Å². The van der Waals surface area contributed by atoms with Crippen molar-refractivity contribution in [3.8, 4) is 0 Å². The van der Waals surface area contributed by atoms with Gasteiger partial charge in [-0.1, -0.05) is 19.3 Å². The van der Waals surface area contributed by atoms with Crippen LogP contribution in [-0.2, 0) is 6.42 Å². The van der Waals surface area contributed by atoms with E-state index < -0.39 is 0 Å². The zero-order valence-corrected chi connectivity index (χ0v) is 11.1. The zero-order valence-electron chi connectivity index (χ0n) is 10.3. The first-order valence-electron chi connectivity index (χ1n) is 6.60. The molecule has 0 radical (unpaired) electrons. The lowest BCUT2D eigenvalue weighted by atomic mass is 9.89. The summed E-state index contributed by atoms with van der Waals surface area (Å²) in [5.41, 5.74) is 1.46. The highest BCUT2D eigenvalue weighted by Crippen LogP contribution is 2.22. The minimum atomic E-state index is 0.957. The van der Waals surface area contributed by atoms with Crippen LogP contribution in [0.1, 0.15) is 42.5 Å². The van der Waals surface area contributed by atoms with Crippen molar-refractivity contribution >= 4 is 11.3 Å². The fraction of sp³-hybridized carbons (Fsp3) is 0.714. The second kappa shape index (κ2) is 6.41. The molecule has 0 spiro atoms. The van der Waals surface area contributed by atoms with E-state index in [1.54, 1.807) is 4.88 Å². The molecule has 0 bridgehead atoms. The van der Waals surface area contributed by atoms with Crippen molar-refractivity contribution in [2.24, 2.45) is 5.92 Å². The van der Waals surface area contributed by atoms with Gasteiger partial charge in [-0.2, -0.15) is 0 Å². The molecule has 1 aliphatic rings. The average Bonchev–Trinajstić information content (AvgIpc) is 2.72. The topological polar surface area (TPSA) is 12.0 Å². The zero-order chi connectivity index (χ0) is 11.2. The molecule has 1 heterocycles. The van der Waals surface area contributed by atoms with Crippen molar-refractivity contribution in [1.29, 1.82) is 0 Å². The Bertz CT molecular complexity index is 299. The molecule has 1 N–H and O–H groups in total. The molecular weight excluding hydrogens is 214 g/mol. The van der Waals surface area contributed by atoms with Crippen LogP contribution in [0.5, 0.6) is 0 Å². The second-order valence-corrected chi connectivity index (χ2v) is 5.99. The van der Waals surface area contributed by atoms with Crippen molar-refractivity contribution in [2.75, 3.05) is 13.1 Å². The Balaban J connectivity index is 1.59. The molecule has 0 amide bonds. The SMILES string of the molecule is Cc1ccsc1CCNCC1CCCCC1. The van der Waals surface area contributed by atoms with Crippen LogP contribution in [0.2, 0.25) is 0 Å². The Hall–Kier alpha value is -0.340. The Morgan fingerprint density at radius 1 is 1.31 bits per heavy atom. The molecule has 1 aromatic heterocycles. The minimum Gasteiger partial charge on any atom is -0.316 e. The smallest absolute Gasteiger partial charge is 0.00870 e. The molecule has 1 nitrogen and oxygen atoms in total. The first kappa shape index (κ1) is 12.1. The van der Waals surface area contributed by atoms with Gasteiger partial charge in [0.1, 0.15) is 0 Å². The van der Waals surface area contributed by atoms with Crippen LogP contribution in [0.15, 0.2) is 11.4 Å². The van der Waals surface area contributed by atoms with E-state index in [9.17, 15) is 0 Å². The predicted molar refractivity (Wildman–Crippen MR) is 72.2 cm³/mol. The van der Waals surface area contributed by atoms with Gasteiger partial charge in [0.2, 0.25) is 0 Å². The summed E-state index contributed by atoms with van der Waals surface area (Å²) in [4.78, 5) is 1.55. The minimum absolute atomic E-state index is 0.957. The molecular formula is C14H23NS. The van der Waals surface area contributed by atoms with E-state index >= 15 is 0 Å². The monoisotopic (exact) mass is 237 g/mol. The maximum atomic E-state index is 3.63. The number of hydrogen-bond donors (Lipinski definition) is 1. The number of thiophene rings is 1. The molecule has 1 aromatic rings. The molecule has 0 unspecified atom stereocenters. The van der Waals surface area contributed by atoms with Gasteiger partial charge in [0.15, 0.2) is 0 Å². The summed E-state index contributed by atoms with van der Waals surface area (Å²) >= 11 is 1.90. The third-order valence-electron chi connectivity index (χ3n) is 3.65. The van der Waals surface area contributed by atoms with Gasteiger partial charge in [-0.3, -0.25) is 0 Å². The van der Waals surface area contributed by atoms with Gasteiger partial charge in [0.05, 0.1) is 0 Å². The maximum Gasteiger partial charge on any atom is 0.00870 e. The number of rotatable bonds is 5. The normalized spacial score (nSPS) is 17.8. The van der Waals surface area contributed by atoms with Crippen LogP contribution in [-0.4, -0.2) is 13.1 Å². The van der Waals surface area contributed by atoms with Crippen molar-refractivity contribution in [3.05, 3.63) is 21.9 Å². The highest BCUT2D eigenvalue weighted by molar-refractivity contribution is 7.10. The molecule has 90 valence electrons. The van der Waals surface area contributed by atoms with Gasteiger partial charge in [0, 0.05) is 4.88 Å². The summed E-state index contributed by atoms with van der Waals surface area (Å²) < 4.78 is 0. The number of hydrogen-bond acceptors (Lipinski definition) is 2. The van der Waals surface area contributed by atoms with E-state index in [4.69, 9.17) is 0 Å². The standard InChI is InChI=1S/C14H23NS/c1-12-8-10-16-14(12)7-9-15-11-13-5-3-2-4-6-13/h8,10,13,15H,2-7,9,11H2,1H3. The van der Waals surface area contributed by atoms with Gasteiger partial charge in [0.25, 0.3) is 0 Å². The first-order valence-corrected chi connectivity index (χ1v) is 7.48. The van der Waals surface area contributed by atoms with Gasteiger partial charge in [-0.05, 0) is 62.2 Å². The fourth-order valence-corrected chi connectivity index (χ4v) is 3.47. The third kappa shape index (κ3) is 3.60. The number of nitrogens with one attached hydrogen (secondary N) is 1. The summed E-state index contributed by atoms with van der Waals surface area (Å²) in [6, 6.07) is 2.22. The van der Waals surface area contributed by atoms with E-state index in [0.717, 1.165) is 12.5 Å². The van der Waals surface area contributed by atoms with Crippen LogP contribution < -0.4 is 5.32 Å². The Labute approximate surface area is 103 Å². The molecule has 1 saturated carbocycles. The molecule has 2 heteroatoms. The fourth-order valence-electron chi connectivity index (χ4n) is 2.56. The summed E-state index contributed by atoms with van der Waals surface area (Å²) in [5, 5.41) is 5.83. The van der Waals surface area contributed by atoms with Crippen LogP contribution in [0.25, 0.3) is 0 Å². The van der Waals surface area contributed by atoms with E-state index in [2.05, 4.69) is 23.7 Å². The lowest BCUT2D eigenvalue weighted by molar-refractivity contribution is 0.343. The molecule has 0 saturated heterocycles. The highest BCUT2D eigenvalue weighted by Gasteiger charge is 2.12. The van der Waals surface area contributed by atoms with E-state index in [1.165, 1.54) is 50.6 Å². The van der Waals surface area contributed by atoms with Crippen LogP contribution >= 0.6 is 11.3 Å². The van der Waals surface area contributed by atoms with Crippen LogP contribution in [0.3, 0.4) is 0 Å². The molecule has 16 heavy (non-hydrogen) atoms. The first-order chi connectivity index (χ1) is 7.86. The lowest BCUT2D eigenvalue weighted by Crippen LogP contribution is -2.26. The number of aryl methyl sites for hydroxylation is 1. The lowest BCUT2D eigenvalue weighted by Gasteiger charge is -2.21. The summed E-state index contributed by atoms with van der Waals surface area (Å²) in [6.45, 7) is 4.61. The molecule has 1 fully saturated rings. The molecule has 0 atom stereocenters. The molecule has 0 aliphatic heterocycles. The van der Waals surface area contributed by atoms with E-state index in [0.29, 0.717) is 0 Å². The molecule has 0 aromatic carbocycles. The van der Waals surface area contributed by atoms with Gasteiger partial charge in [-0.25, -0.2) is 0 Å². The van der Waals surface area contributed by atoms with Crippen LogP contribution in [0, 0.1) is 12.8 Å². The largest absolute Gasteiger partial charge is 0.316 e. The van der Waals surface area contributed by atoms with Gasteiger partial charge in [-0.15, -0.1) is 11.3 Å². The van der Waals surface area contributed by atoms with E-state index in [-0.39, 0.29) is 0 Å². The predicted octanol–water partition coefficient (Wildman–Crippen LogP) is 3.77. The van der Waals surface area contributed by atoms with Gasteiger partial charge >= 0.3 is 0 Å². The third-order valence-corrected chi connectivity index (χ3v) is 4.74. The van der Waals surface area contributed by atoms with Crippen molar-refractivity contribution in [2.45, 2.75) is 45.4 Å². The summed E-state index contributed by atoms with van der Waals surface area (Å²) in [6.07, 6.45) is 8.48. The molecule has 2 rings (SSSR count). The Morgan fingerprint density at radius 3 is 2.81 bits per heavy atom. The molecule has 1 aliphatic carbocycles. The summed E-state index contributed by atoms with van der Waals surface area (Å²) in [5.74, 6) is 0.957.